The highest BCUT2D eigenvalue weighted by Crippen LogP contribution is 2.31. The Kier molecular flexibility index (Phi) is 4.65. The number of hydrogen-bond acceptors (Lipinski definition) is 5. The van der Waals surface area contributed by atoms with E-state index in [9.17, 15) is 9.59 Å². The first-order valence-electron chi connectivity index (χ1n) is 8.26. The van der Waals surface area contributed by atoms with Crippen molar-refractivity contribution in [1.82, 2.24) is 20.4 Å². The summed E-state index contributed by atoms with van der Waals surface area (Å²) in [5, 5.41) is 6.26. The highest BCUT2D eigenvalue weighted by atomic mass is 16.5. The summed E-state index contributed by atoms with van der Waals surface area (Å²) in [6.07, 6.45) is 1.86. The summed E-state index contributed by atoms with van der Waals surface area (Å²) in [4.78, 5) is 28.7. The predicted molar refractivity (Wildman–Crippen MR) is 81.5 cm³/mol. The fourth-order valence-corrected chi connectivity index (χ4v) is 3.66. The number of carbonyl (C=O) groups is 2. The van der Waals surface area contributed by atoms with Gasteiger partial charge in [-0.15, -0.1) is 0 Å². The molecule has 0 aromatic rings. The Balaban J connectivity index is 1.60. The normalized spacial score (nSPS) is 31.6. The summed E-state index contributed by atoms with van der Waals surface area (Å²) in [5.41, 5.74) is -0.732. The molecule has 0 radical (unpaired) electrons. The van der Waals surface area contributed by atoms with Gasteiger partial charge in [-0.25, -0.2) is 4.79 Å². The highest BCUT2D eigenvalue weighted by molar-refractivity contribution is 6.07. The van der Waals surface area contributed by atoms with Crippen LogP contribution in [0.4, 0.5) is 4.79 Å². The SMILES string of the molecule is CC1(C2CCNCC2)NC(=O)N(CCN2CCOCC2)C1=O. The third-order valence-corrected chi connectivity index (χ3v) is 5.20. The number of hydrogen-bond donors (Lipinski definition) is 2. The number of imide groups is 1. The van der Waals surface area contributed by atoms with E-state index < -0.39 is 5.54 Å². The van der Waals surface area contributed by atoms with E-state index >= 15 is 0 Å². The molecule has 0 aromatic heterocycles. The Hall–Kier alpha value is -1.18. The monoisotopic (exact) mass is 310 g/mol. The number of carbonyl (C=O) groups excluding carboxylic acids is 2. The molecule has 0 aromatic carbocycles. The predicted octanol–water partition coefficient (Wildman–Crippen LogP) is -0.371. The van der Waals surface area contributed by atoms with Crippen molar-refractivity contribution in [3.8, 4) is 0 Å². The molecule has 0 aliphatic carbocycles. The number of nitrogens with one attached hydrogen (secondary N) is 2. The average molecular weight is 310 g/mol. The van der Waals surface area contributed by atoms with Crippen LogP contribution in [0.5, 0.6) is 0 Å². The molecule has 1 unspecified atom stereocenters. The van der Waals surface area contributed by atoms with Gasteiger partial charge in [0.15, 0.2) is 0 Å². The van der Waals surface area contributed by atoms with Gasteiger partial charge in [-0.1, -0.05) is 0 Å². The van der Waals surface area contributed by atoms with Crippen molar-refractivity contribution in [3.05, 3.63) is 0 Å². The number of urea groups is 1. The molecule has 124 valence electrons. The molecule has 3 aliphatic rings. The maximum atomic E-state index is 12.8. The molecule has 1 atom stereocenters. The molecule has 2 N–H and O–H groups in total. The number of nitrogens with zero attached hydrogens (tertiary/aromatic N) is 2. The Bertz CT molecular complexity index is 433. The van der Waals surface area contributed by atoms with Gasteiger partial charge in [0, 0.05) is 26.2 Å². The summed E-state index contributed by atoms with van der Waals surface area (Å²) < 4.78 is 5.32. The molecule has 3 fully saturated rings. The zero-order chi connectivity index (χ0) is 15.6. The van der Waals surface area contributed by atoms with Crippen molar-refractivity contribution >= 4 is 11.9 Å². The molecule has 0 bridgehead atoms. The summed E-state index contributed by atoms with van der Waals surface area (Å²) >= 11 is 0. The second-order valence-corrected chi connectivity index (χ2v) is 6.57. The van der Waals surface area contributed by atoms with E-state index in [0.29, 0.717) is 6.54 Å². The van der Waals surface area contributed by atoms with Crippen LogP contribution in [-0.4, -0.2) is 79.8 Å². The first-order chi connectivity index (χ1) is 10.6. The smallest absolute Gasteiger partial charge is 0.325 e. The van der Waals surface area contributed by atoms with Gasteiger partial charge in [0.25, 0.3) is 5.91 Å². The van der Waals surface area contributed by atoms with Crippen molar-refractivity contribution in [2.24, 2.45) is 5.92 Å². The van der Waals surface area contributed by atoms with E-state index in [4.69, 9.17) is 4.74 Å². The van der Waals surface area contributed by atoms with Crippen molar-refractivity contribution in [2.75, 3.05) is 52.5 Å². The number of ether oxygens (including phenoxy) is 1. The van der Waals surface area contributed by atoms with E-state index in [1.807, 2.05) is 6.92 Å². The van der Waals surface area contributed by atoms with Gasteiger partial charge < -0.3 is 15.4 Å². The third-order valence-electron chi connectivity index (χ3n) is 5.20. The second-order valence-electron chi connectivity index (χ2n) is 6.57. The number of piperidine rings is 1. The Morgan fingerprint density at radius 2 is 1.86 bits per heavy atom. The van der Waals surface area contributed by atoms with Gasteiger partial charge in [0.2, 0.25) is 0 Å². The van der Waals surface area contributed by atoms with E-state index in [-0.39, 0.29) is 17.9 Å². The van der Waals surface area contributed by atoms with Crippen LogP contribution in [0.25, 0.3) is 0 Å². The summed E-state index contributed by atoms with van der Waals surface area (Å²) in [7, 11) is 0. The Morgan fingerprint density at radius 3 is 2.55 bits per heavy atom. The van der Waals surface area contributed by atoms with Crippen LogP contribution in [-0.2, 0) is 9.53 Å². The zero-order valence-electron chi connectivity index (χ0n) is 13.3. The van der Waals surface area contributed by atoms with Gasteiger partial charge in [-0.3, -0.25) is 14.6 Å². The minimum atomic E-state index is -0.732. The third kappa shape index (κ3) is 2.98. The molecular weight excluding hydrogens is 284 g/mol. The molecule has 3 amide bonds. The fraction of sp³-hybridized carbons (Fsp3) is 0.867. The van der Waals surface area contributed by atoms with Gasteiger partial charge in [0.1, 0.15) is 5.54 Å². The van der Waals surface area contributed by atoms with E-state index in [2.05, 4.69) is 15.5 Å². The van der Waals surface area contributed by atoms with Gasteiger partial charge in [0.05, 0.1) is 13.2 Å². The first-order valence-corrected chi connectivity index (χ1v) is 8.26. The van der Waals surface area contributed by atoms with Gasteiger partial charge in [-0.05, 0) is 38.8 Å². The molecule has 7 nitrogen and oxygen atoms in total. The molecule has 7 heteroatoms. The van der Waals surface area contributed by atoms with Crippen LogP contribution in [0.3, 0.4) is 0 Å². The largest absolute Gasteiger partial charge is 0.379 e. The lowest BCUT2D eigenvalue weighted by Crippen LogP contribution is -2.53. The topological polar surface area (TPSA) is 73.9 Å². The van der Waals surface area contributed by atoms with Crippen LogP contribution in [0.2, 0.25) is 0 Å². The summed E-state index contributed by atoms with van der Waals surface area (Å²) in [5.74, 6) is 0.163. The average Bonchev–Trinajstić information content (AvgIpc) is 2.78. The molecule has 22 heavy (non-hydrogen) atoms. The van der Waals surface area contributed by atoms with Crippen molar-refractivity contribution < 1.29 is 14.3 Å². The number of morpholine rings is 1. The van der Waals surface area contributed by atoms with Gasteiger partial charge >= 0.3 is 6.03 Å². The summed E-state index contributed by atoms with van der Waals surface area (Å²) in [6.45, 7) is 8.10. The van der Waals surface area contributed by atoms with Crippen LogP contribution in [0, 0.1) is 5.92 Å². The van der Waals surface area contributed by atoms with Crippen LogP contribution < -0.4 is 10.6 Å². The second kappa shape index (κ2) is 6.52. The van der Waals surface area contributed by atoms with Gasteiger partial charge in [-0.2, -0.15) is 0 Å². The lowest BCUT2D eigenvalue weighted by molar-refractivity contribution is -0.133. The standard InChI is InChI=1S/C15H26N4O3/c1-15(12-2-4-16-5-3-12)13(20)19(14(21)17-15)7-6-18-8-10-22-11-9-18/h12,16H,2-11H2,1H3,(H,17,21). The Morgan fingerprint density at radius 1 is 1.18 bits per heavy atom. The van der Waals surface area contributed by atoms with E-state index in [0.717, 1.165) is 58.8 Å². The van der Waals surface area contributed by atoms with Crippen molar-refractivity contribution in [2.45, 2.75) is 25.3 Å². The molecule has 3 rings (SSSR count). The molecular formula is C15H26N4O3. The highest BCUT2D eigenvalue weighted by Gasteiger charge is 2.52. The minimum absolute atomic E-state index is 0.0577. The van der Waals surface area contributed by atoms with E-state index in [1.54, 1.807) is 0 Å². The first kappa shape index (κ1) is 15.7. The van der Waals surface area contributed by atoms with Crippen LogP contribution in [0.15, 0.2) is 0 Å². The Labute approximate surface area is 131 Å². The zero-order valence-corrected chi connectivity index (χ0v) is 13.3. The molecule has 0 saturated carbocycles. The maximum absolute atomic E-state index is 12.8. The molecule has 3 saturated heterocycles. The fourth-order valence-electron chi connectivity index (χ4n) is 3.66. The lowest BCUT2D eigenvalue weighted by Gasteiger charge is -2.35. The van der Waals surface area contributed by atoms with Crippen LogP contribution in [0.1, 0.15) is 19.8 Å². The minimum Gasteiger partial charge on any atom is -0.379 e. The van der Waals surface area contributed by atoms with E-state index in [1.165, 1.54) is 4.90 Å². The number of rotatable bonds is 4. The number of amides is 3. The molecule has 3 aliphatic heterocycles. The lowest BCUT2D eigenvalue weighted by atomic mass is 9.79. The van der Waals surface area contributed by atoms with Crippen LogP contribution >= 0.6 is 0 Å². The quantitative estimate of drug-likeness (QED) is 0.693. The summed E-state index contributed by atoms with van der Waals surface area (Å²) in [6, 6.07) is -0.237. The maximum Gasteiger partial charge on any atom is 0.325 e. The van der Waals surface area contributed by atoms with Crippen molar-refractivity contribution in [3.63, 3.8) is 0 Å². The van der Waals surface area contributed by atoms with Crippen molar-refractivity contribution in [1.29, 1.82) is 0 Å². The molecule has 3 heterocycles. The molecule has 0 spiro atoms.